The molecule has 1 atom stereocenters. The fourth-order valence-corrected chi connectivity index (χ4v) is 2.47. The zero-order chi connectivity index (χ0) is 11.4. The highest BCUT2D eigenvalue weighted by Gasteiger charge is 2.21. The molecule has 92 valence electrons. The van der Waals surface area contributed by atoms with Gasteiger partial charge in [0, 0.05) is 19.1 Å². The molecule has 1 aliphatic carbocycles. The minimum atomic E-state index is 0.0259. The minimum Gasteiger partial charge on any atom is -0.338 e. The van der Waals surface area contributed by atoms with Crippen molar-refractivity contribution in [2.24, 2.45) is 5.92 Å². The maximum atomic E-state index is 11.5. The van der Waals surface area contributed by atoms with Gasteiger partial charge in [0.25, 0.3) is 0 Å². The molecule has 0 spiro atoms. The first-order valence-electron chi connectivity index (χ1n) is 6.47. The van der Waals surface area contributed by atoms with Gasteiger partial charge in [-0.1, -0.05) is 0 Å². The van der Waals surface area contributed by atoms with Gasteiger partial charge < -0.3 is 15.5 Å². The van der Waals surface area contributed by atoms with Crippen LogP contribution < -0.4 is 10.6 Å². The van der Waals surface area contributed by atoms with E-state index >= 15 is 0 Å². The van der Waals surface area contributed by atoms with Crippen molar-refractivity contribution in [3.05, 3.63) is 0 Å². The Bertz CT molecular complexity index is 240. The fraction of sp³-hybridized carbons (Fsp3) is 0.917. The number of rotatable bonds is 3. The van der Waals surface area contributed by atoms with E-state index in [9.17, 15) is 4.79 Å². The third kappa shape index (κ3) is 3.37. The molecule has 1 heterocycles. The first kappa shape index (κ1) is 11.7. The molecule has 0 aromatic rings. The summed E-state index contributed by atoms with van der Waals surface area (Å²) in [5.41, 5.74) is 0. The summed E-state index contributed by atoms with van der Waals surface area (Å²) >= 11 is 0. The van der Waals surface area contributed by atoms with Crippen molar-refractivity contribution in [2.75, 3.05) is 26.7 Å². The van der Waals surface area contributed by atoms with E-state index in [-0.39, 0.29) is 6.03 Å². The number of carbonyl (C=O) groups is 1. The van der Waals surface area contributed by atoms with Crippen LogP contribution in [0.3, 0.4) is 0 Å². The molecule has 0 bridgehead atoms. The number of amides is 2. The molecular weight excluding hydrogens is 202 g/mol. The topological polar surface area (TPSA) is 44.4 Å². The van der Waals surface area contributed by atoms with Gasteiger partial charge in [-0.2, -0.15) is 0 Å². The fourth-order valence-electron chi connectivity index (χ4n) is 2.47. The second-order valence-electron chi connectivity index (χ2n) is 5.25. The number of piperidine rings is 1. The minimum absolute atomic E-state index is 0.0259. The van der Waals surface area contributed by atoms with Crippen LogP contribution in [0.5, 0.6) is 0 Å². The lowest BCUT2D eigenvalue weighted by molar-refractivity contribution is 0.198. The summed E-state index contributed by atoms with van der Waals surface area (Å²) in [4.78, 5) is 13.9. The SMILES string of the molecule is CN1CCCC(CNC(=O)NC2CCC2)C1. The van der Waals surface area contributed by atoms with Crippen LogP contribution in [0.1, 0.15) is 32.1 Å². The van der Waals surface area contributed by atoms with Gasteiger partial charge in [0.2, 0.25) is 0 Å². The van der Waals surface area contributed by atoms with Crippen LogP contribution in [0.15, 0.2) is 0 Å². The first-order valence-corrected chi connectivity index (χ1v) is 6.47. The van der Waals surface area contributed by atoms with Gasteiger partial charge in [-0.3, -0.25) is 0 Å². The Morgan fingerprint density at radius 3 is 2.75 bits per heavy atom. The Balaban J connectivity index is 1.60. The predicted molar refractivity (Wildman–Crippen MR) is 64.4 cm³/mol. The van der Waals surface area contributed by atoms with Crippen molar-refractivity contribution in [1.82, 2.24) is 15.5 Å². The summed E-state index contributed by atoms with van der Waals surface area (Å²) in [7, 11) is 2.15. The van der Waals surface area contributed by atoms with E-state index in [2.05, 4.69) is 22.6 Å². The summed E-state index contributed by atoms with van der Waals surface area (Å²) in [6.45, 7) is 3.14. The molecule has 2 N–H and O–H groups in total. The number of nitrogens with zero attached hydrogens (tertiary/aromatic N) is 1. The van der Waals surface area contributed by atoms with E-state index in [0.717, 1.165) is 25.9 Å². The molecule has 0 radical (unpaired) electrons. The van der Waals surface area contributed by atoms with E-state index in [0.29, 0.717) is 12.0 Å². The molecule has 16 heavy (non-hydrogen) atoms. The summed E-state index contributed by atoms with van der Waals surface area (Å²) < 4.78 is 0. The summed E-state index contributed by atoms with van der Waals surface area (Å²) in [5.74, 6) is 0.630. The van der Waals surface area contributed by atoms with E-state index in [1.165, 1.54) is 25.8 Å². The zero-order valence-corrected chi connectivity index (χ0v) is 10.2. The summed E-state index contributed by atoms with van der Waals surface area (Å²) in [6, 6.07) is 0.465. The Morgan fingerprint density at radius 2 is 2.12 bits per heavy atom. The van der Waals surface area contributed by atoms with E-state index in [1.807, 2.05) is 0 Å². The van der Waals surface area contributed by atoms with Gasteiger partial charge in [-0.05, 0) is 51.6 Å². The molecule has 1 saturated carbocycles. The van der Waals surface area contributed by atoms with Crippen LogP contribution >= 0.6 is 0 Å². The molecule has 1 aliphatic heterocycles. The molecule has 0 aromatic heterocycles. The molecule has 4 nitrogen and oxygen atoms in total. The monoisotopic (exact) mass is 225 g/mol. The van der Waals surface area contributed by atoms with Crippen LogP contribution in [0.2, 0.25) is 0 Å². The van der Waals surface area contributed by atoms with Crippen molar-refractivity contribution in [3.8, 4) is 0 Å². The Hall–Kier alpha value is -0.770. The predicted octanol–water partition coefficient (Wildman–Crippen LogP) is 1.18. The highest BCUT2D eigenvalue weighted by molar-refractivity contribution is 5.74. The molecule has 4 heteroatoms. The normalized spacial score (nSPS) is 27.2. The van der Waals surface area contributed by atoms with Gasteiger partial charge in [0.05, 0.1) is 0 Å². The zero-order valence-electron chi connectivity index (χ0n) is 10.2. The van der Waals surface area contributed by atoms with Crippen LogP contribution in [0, 0.1) is 5.92 Å². The number of hydrogen-bond acceptors (Lipinski definition) is 2. The van der Waals surface area contributed by atoms with Crippen molar-refractivity contribution in [2.45, 2.75) is 38.1 Å². The van der Waals surface area contributed by atoms with Crippen molar-refractivity contribution in [1.29, 1.82) is 0 Å². The standard InChI is InChI=1S/C12H23N3O/c1-15-7-3-4-10(9-15)8-13-12(16)14-11-5-2-6-11/h10-11H,2-9H2,1H3,(H2,13,14,16). The van der Waals surface area contributed by atoms with Crippen molar-refractivity contribution < 1.29 is 4.79 Å². The highest BCUT2D eigenvalue weighted by Crippen LogP contribution is 2.18. The van der Waals surface area contributed by atoms with Crippen LogP contribution in [0.4, 0.5) is 4.79 Å². The smallest absolute Gasteiger partial charge is 0.315 e. The van der Waals surface area contributed by atoms with Crippen LogP contribution in [0.25, 0.3) is 0 Å². The van der Waals surface area contributed by atoms with Gasteiger partial charge >= 0.3 is 6.03 Å². The van der Waals surface area contributed by atoms with Gasteiger partial charge in [-0.25, -0.2) is 4.79 Å². The molecule has 2 aliphatic rings. The Labute approximate surface area is 97.8 Å². The average molecular weight is 225 g/mol. The second-order valence-corrected chi connectivity index (χ2v) is 5.25. The molecule has 0 aromatic carbocycles. The Kier molecular flexibility index (Phi) is 4.04. The first-order chi connectivity index (χ1) is 7.74. The summed E-state index contributed by atoms with van der Waals surface area (Å²) in [5, 5.41) is 6.00. The van der Waals surface area contributed by atoms with E-state index in [1.54, 1.807) is 0 Å². The lowest BCUT2D eigenvalue weighted by Crippen LogP contribution is -2.47. The number of nitrogens with one attached hydrogen (secondary N) is 2. The third-order valence-electron chi connectivity index (χ3n) is 3.71. The number of likely N-dealkylation sites (tertiary alicyclic amines) is 1. The Morgan fingerprint density at radius 1 is 1.31 bits per heavy atom. The van der Waals surface area contributed by atoms with Gasteiger partial charge in [0.15, 0.2) is 0 Å². The maximum Gasteiger partial charge on any atom is 0.315 e. The molecule has 1 unspecified atom stereocenters. The van der Waals surface area contributed by atoms with Crippen LogP contribution in [-0.4, -0.2) is 43.7 Å². The van der Waals surface area contributed by atoms with Crippen molar-refractivity contribution >= 4 is 6.03 Å². The largest absolute Gasteiger partial charge is 0.338 e. The molecule has 2 rings (SSSR count). The average Bonchev–Trinajstić information content (AvgIpc) is 2.21. The lowest BCUT2D eigenvalue weighted by Gasteiger charge is -2.30. The molecule has 1 saturated heterocycles. The van der Waals surface area contributed by atoms with Gasteiger partial charge in [0.1, 0.15) is 0 Å². The van der Waals surface area contributed by atoms with E-state index < -0.39 is 0 Å². The van der Waals surface area contributed by atoms with E-state index in [4.69, 9.17) is 0 Å². The number of carbonyl (C=O) groups excluding carboxylic acids is 1. The van der Waals surface area contributed by atoms with Crippen molar-refractivity contribution in [3.63, 3.8) is 0 Å². The number of hydrogen-bond donors (Lipinski definition) is 2. The molecular formula is C12H23N3O. The number of urea groups is 1. The lowest BCUT2D eigenvalue weighted by atomic mass is 9.93. The maximum absolute atomic E-state index is 11.5. The quantitative estimate of drug-likeness (QED) is 0.757. The molecule has 2 fully saturated rings. The highest BCUT2D eigenvalue weighted by atomic mass is 16.2. The third-order valence-corrected chi connectivity index (χ3v) is 3.71. The van der Waals surface area contributed by atoms with Gasteiger partial charge in [-0.15, -0.1) is 0 Å². The second kappa shape index (κ2) is 5.53. The molecule has 2 amide bonds. The summed E-state index contributed by atoms with van der Waals surface area (Å²) in [6.07, 6.45) is 6.07. The van der Waals surface area contributed by atoms with Crippen LogP contribution in [-0.2, 0) is 0 Å².